The van der Waals surface area contributed by atoms with Gasteiger partial charge < -0.3 is 15.2 Å². The van der Waals surface area contributed by atoms with Crippen molar-refractivity contribution >= 4 is 46.2 Å². The van der Waals surface area contributed by atoms with Crippen molar-refractivity contribution in [3.8, 4) is 0 Å². The van der Waals surface area contributed by atoms with Crippen LogP contribution in [0.2, 0.25) is 0 Å². The summed E-state index contributed by atoms with van der Waals surface area (Å²) in [5.74, 6) is -0.698. The molecule has 0 fully saturated rings. The molecule has 1 aliphatic rings. The zero-order valence-corrected chi connectivity index (χ0v) is 22.4. The number of carbonyl (C=O) groups is 2. The number of halogens is 1. The predicted octanol–water partition coefficient (Wildman–Crippen LogP) is 6.96. The molecule has 1 aliphatic heterocycles. The van der Waals surface area contributed by atoms with Crippen LogP contribution in [0, 0.1) is 5.82 Å². The summed E-state index contributed by atoms with van der Waals surface area (Å²) in [6.07, 6.45) is 4.55. The molecule has 2 N–H and O–H groups in total. The number of para-hydroxylation sites is 1. The van der Waals surface area contributed by atoms with Crippen LogP contribution in [0.25, 0.3) is 17.0 Å². The van der Waals surface area contributed by atoms with Gasteiger partial charge in [0.1, 0.15) is 5.82 Å². The highest BCUT2D eigenvalue weighted by Crippen LogP contribution is 2.43. The van der Waals surface area contributed by atoms with E-state index in [2.05, 4.69) is 16.4 Å². The third-order valence-electron chi connectivity index (χ3n) is 6.89. The molecule has 7 heteroatoms. The lowest BCUT2D eigenvalue weighted by Gasteiger charge is -2.31. The number of anilines is 1. The smallest absolute Gasteiger partial charge is 0.265 e. The highest BCUT2D eigenvalue weighted by atomic mass is 32.2. The van der Waals surface area contributed by atoms with E-state index in [1.165, 1.54) is 23.9 Å². The molecule has 0 atom stereocenters. The van der Waals surface area contributed by atoms with Crippen molar-refractivity contribution in [3.05, 3.63) is 136 Å². The topological polar surface area (TPSA) is 65.2 Å². The average Bonchev–Trinajstić information content (AvgIpc) is 3.39. The maximum absolute atomic E-state index is 13.7. The molecule has 0 unspecified atom stereocenters. The van der Waals surface area contributed by atoms with Crippen LogP contribution in [0.3, 0.4) is 0 Å². The molecule has 0 radical (unpaired) electrons. The molecule has 1 aromatic heterocycles. The van der Waals surface area contributed by atoms with Gasteiger partial charge in [0.05, 0.1) is 17.1 Å². The Bertz CT molecular complexity index is 1730. The first-order valence-electron chi connectivity index (χ1n) is 13.0. The fourth-order valence-corrected chi connectivity index (χ4v) is 5.87. The summed E-state index contributed by atoms with van der Waals surface area (Å²) in [6, 6.07) is 29.3. The number of H-pyrrole nitrogens is 1. The number of hydrogen-bond donors (Lipinski definition) is 2. The number of benzene rings is 4. The van der Waals surface area contributed by atoms with Crippen molar-refractivity contribution < 1.29 is 14.0 Å². The summed E-state index contributed by atoms with van der Waals surface area (Å²) in [7, 11) is 0. The van der Waals surface area contributed by atoms with Crippen molar-refractivity contribution in [1.29, 1.82) is 0 Å². The summed E-state index contributed by atoms with van der Waals surface area (Å²) in [5, 5.41) is 4.17. The SMILES string of the molecule is O=C(NCCc1c[nH]c2ccccc12)c1ccc2c(c1)N(Cc1ccc(F)cc1)C(=O)/C(=C/c1ccccc1)S2. The van der Waals surface area contributed by atoms with Gasteiger partial charge in [-0.05, 0) is 65.6 Å². The molecule has 40 heavy (non-hydrogen) atoms. The van der Waals surface area contributed by atoms with Crippen LogP contribution in [0.4, 0.5) is 10.1 Å². The summed E-state index contributed by atoms with van der Waals surface area (Å²) in [4.78, 5) is 33.2. The number of aromatic nitrogens is 1. The Balaban J connectivity index is 1.25. The van der Waals surface area contributed by atoms with Gasteiger partial charge in [-0.1, -0.05) is 72.4 Å². The predicted molar refractivity (Wildman–Crippen MR) is 159 cm³/mol. The first kappa shape index (κ1) is 25.6. The first-order valence-corrected chi connectivity index (χ1v) is 13.8. The number of thioether (sulfide) groups is 1. The summed E-state index contributed by atoms with van der Waals surface area (Å²) in [5.41, 5.74) is 5.07. The molecule has 2 amide bonds. The highest BCUT2D eigenvalue weighted by Gasteiger charge is 2.30. The number of nitrogens with zero attached hydrogens (tertiary/aromatic N) is 1. The molecule has 6 rings (SSSR count). The van der Waals surface area contributed by atoms with Crippen LogP contribution in [0.5, 0.6) is 0 Å². The standard InChI is InChI=1S/C33H26FN3O2S/c34-26-13-10-23(11-14-26)21-37-29-19-24(32(38)35-17-16-25-20-36-28-9-5-4-8-27(25)28)12-15-30(29)40-31(33(37)39)18-22-6-2-1-3-7-22/h1-15,18-20,36H,16-17,21H2,(H,35,38)/b31-18-. The van der Waals surface area contributed by atoms with Gasteiger partial charge in [-0.25, -0.2) is 4.39 Å². The van der Waals surface area contributed by atoms with Gasteiger partial charge in [0, 0.05) is 34.1 Å². The molecule has 0 bridgehead atoms. The minimum atomic E-state index is -0.332. The number of amides is 2. The Kier molecular flexibility index (Phi) is 7.21. The third kappa shape index (κ3) is 5.42. The Hall–Kier alpha value is -4.62. The Labute approximate surface area is 235 Å². The maximum Gasteiger partial charge on any atom is 0.265 e. The number of rotatable bonds is 7. The quantitative estimate of drug-likeness (QED) is 0.217. The van der Waals surface area contributed by atoms with Crippen molar-refractivity contribution in [2.24, 2.45) is 0 Å². The second-order valence-corrected chi connectivity index (χ2v) is 10.7. The first-order chi connectivity index (χ1) is 19.5. The van der Waals surface area contributed by atoms with Crippen LogP contribution >= 0.6 is 11.8 Å². The minimum absolute atomic E-state index is 0.164. The largest absolute Gasteiger partial charge is 0.361 e. The van der Waals surface area contributed by atoms with E-state index in [1.54, 1.807) is 29.2 Å². The lowest BCUT2D eigenvalue weighted by molar-refractivity contribution is -0.114. The van der Waals surface area contributed by atoms with Gasteiger partial charge >= 0.3 is 0 Å². The molecule has 2 heterocycles. The van der Waals surface area contributed by atoms with E-state index in [0.717, 1.165) is 32.5 Å². The van der Waals surface area contributed by atoms with E-state index in [9.17, 15) is 14.0 Å². The van der Waals surface area contributed by atoms with Crippen molar-refractivity contribution in [3.63, 3.8) is 0 Å². The molecule has 0 saturated carbocycles. The number of hydrogen-bond acceptors (Lipinski definition) is 3. The molecule has 0 aliphatic carbocycles. The van der Waals surface area contributed by atoms with Crippen molar-refractivity contribution in [2.75, 3.05) is 11.4 Å². The fourth-order valence-electron chi connectivity index (χ4n) is 4.83. The average molecular weight is 548 g/mol. The van der Waals surface area contributed by atoms with E-state index in [1.807, 2.05) is 66.9 Å². The maximum atomic E-state index is 13.7. The van der Waals surface area contributed by atoms with Gasteiger partial charge in [-0.15, -0.1) is 0 Å². The van der Waals surface area contributed by atoms with Gasteiger partial charge in [0.25, 0.3) is 11.8 Å². The molecule has 5 aromatic rings. The number of fused-ring (bicyclic) bond motifs is 2. The zero-order chi connectivity index (χ0) is 27.5. The van der Waals surface area contributed by atoms with E-state index < -0.39 is 0 Å². The van der Waals surface area contributed by atoms with Crippen molar-refractivity contribution in [1.82, 2.24) is 10.3 Å². The van der Waals surface area contributed by atoms with Crippen LogP contribution in [0.15, 0.2) is 113 Å². The van der Waals surface area contributed by atoms with Crippen molar-refractivity contribution in [2.45, 2.75) is 17.9 Å². The summed E-state index contributed by atoms with van der Waals surface area (Å²) < 4.78 is 13.6. The van der Waals surface area contributed by atoms with Crippen LogP contribution in [-0.2, 0) is 17.8 Å². The van der Waals surface area contributed by atoms with Gasteiger partial charge in [0.2, 0.25) is 0 Å². The number of carbonyl (C=O) groups excluding carboxylic acids is 2. The minimum Gasteiger partial charge on any atom is -0.361 e. The molecule has 0 saturated heterocycles. The molecule has 0 spiro atoms. The molecule has 4 aromatic carbocycles. The number of aromatic amines is 1. The normalized spacial score (nSPS) is 14.0. The van der Waals surface area contributed by atoms with E-state index in [4.69, 9.17) is 0 Å². The summed E-state index contributed by atoms with van der Waals surface area (Å²) >= 11 is 1.39. The van der Waals surface area contributed by atoms with E-state index in [-0.39, 0.29) is 24.2 Å². The zero-order valence-electron chi connectivity index (χ0n) is 21.6. The second-order valence-electron chi connectivity index (χ2n) is 9.59. The lowest BCUT2D eigenvalue weighted by atomic mass is 10.1. The monoisotopic (exact) mass is 547 g/mol. The van der Waals surface area contributed by atoms with Gasteiger partial charge in [-0.3, -0.25) is 9.59 Å². The molecule has 198 valence electrons. The number of nitrogens with one attached hydrogen (secondary N) is 2. The summed E-state index contributed by atoms with van der Waals surface area (Å²) in [6.45, 7) is 0.735. The molecular formula is C33H26FN3O2S. The Morgan fingerprint density at radius 3 is 2.55 bits per heavy atom. The molecule has 5 nitrogen and oxygen atoms in total. The van der Waals surface area contributed by atoms with Crippen LogP contribution < -0.4 is 10.2 Å². The van der Waals surface area contributed by atoms with E-state index >= 15 is 0 Å². The van der Waals surface area contributed by atoms with Crippen LogP contribution in [-0.4, -0.2) is 23.3 Å². The van der Waals surface area contributed by atoms with Crippen LogP contribution in [0.1, 0.15) is 27.0 Å². The molecular weight excluding hydrogens is 521 g/mol. The lowest BCUT2D eigenvalue weighted by Crippen LogP contribution is -2.34. The van der Waals surface area contributed by atoms with Gasteiger partial charge in [-0.2, -0.15) is 0 Å². The highest BCUT2D eigenvalue weighted by molar-refractivity contribution is 8.04. The second kappa shape index (κ2) is 11.2. The van der Waals surface area contributed by atoms with Gasteiger partial charge in [0.15, 0.2) is 0 Å². The Morgan fingerprint density at radius 2 is 1.73 bits per heavy atom. The Morgan fingerprint density at radius 1 is 0.950 bits per heavy atom. The third-order valence-corrected chi connectivity index (χ3v) is 7.97. The fraction of sp³-hybridized carbons (Fsp3) is 0.0909. The van der Waals surface area contributed by atoms with E-state index in [0.29, 0.717) is 29.1 Å².